The molecule has 1 aromatic carbocycles. The number of ether oxygens (including phenoxy) is 1. The zero-order chi connectivity index (χ0) is 12.8. The highest BCUT2D eigenvalue weighted by Crippen LogP contribution is 2.22. The molecule has 0 aliphatic heterocycles. The van der Waals surface area contributed by atoms with Crippen LogP contribution in [0.15, 0.2) is 18.2 Å². The third-order valence-corrected chi connectivity index (χ3v) is 3.41. The number of halogens is 2. The van der Waals surface area contributed by atoms with E-state index >= 15 is 0 Å². The van der Waals surface area contributed by atoms with Crippen LogP contribution in [0.2, 0.25) is 10.0 Å². The summed E-state index contributed by atoms with van der Waals surface area (Å²) in [6, 6.07) is 5.85. The van der Waals surface area contributed by atoms with Crippen molar-refractivity contribution in [1.82, 2.24) is 5.32 Å². The van der Waals surface area contributed by atoms with Gasteiger partial charge in [0.2, 0.25) is 0 Å². The molecule has 4 heteroatoms. The molecule has 0 amide bonds. The SMILES string of the molecule is CCOC(C)C(Cc1ccc(Cl)cc1Cl)NC. The maximum absolute atomic E-state index is 6.16. The Hall–Kier alpha value is -0.280. The molecule has 0 saturated carbocycles. The minimum Gasteiger partial charge on any atom is -0.377 e. The molecule has 2 nitrogen and oxygen atoms in total. The van der Waals surface area contributed by atoms with Crippen molar-refractivity contribution in [1.29, 1.82) is 0 Å². The van der Waals surface area contributed by atoms with Gasteiger partial charge in [0.1, 0.15) is 0 Å². The molecule has 0 radical (unpaired) electrons. The molecular formula is C13H19Cl2NO. The molecule has 0 aromatic heterocycles. The second-order valence-electron chi connectivity index (χ2n) is 4.00. The molecular weight excluding hydrogens is 257 g/mol. The summed E-state index contributed by atoms with van der Waals surface area (Å²) in [5, 5.41) is 4.63. The molecule has 96 valence electrons. The first kappa shape index (κ1) is 14.8. The summed E-state index contributed by atoms with van der Waals surface area (Å²) in [5.74, 6) is 0. The maximum atomic E-state index is 6.16. The van der Waals surface area contributed by atoms with Gasteiger partial charge in [-0.05, 0) is 45.0 Å². The summed E-state index contributed by atoms with van der Waals surface area (Å²) in [6.07, 6.45) is 0.977. The van der Waals surface area contributed by atoms with Crippen LogP contribution in [0.25, 0.3) is 0 Å². The van der Waals surface area contributed by atoms with Crippen LogP contribution in [0.1, 0.15) is 19.4 Å². The molecule has 0 aliphatic carbocycles. The first-order valence-electron chi connectivity index (χ1n) is 5.81. The van der Waals surface area contributed by atoms with Crippen LogP contribution in [0.3, 0.4) is 0 Å². The van der Waals surface area contributed by atoms with Gasteiger partial charge >= 0.3 is 0 Å². The monoisotopic (exact) mass is 275 g/mol. The molecule has 0 bridgehead atoms. The van der Waals surface area contributed by atoms with E-state index in [2.05, 4.69) is 12.2 Å². The van der Waals surface area contributed by atoms with Crippen LogP contribution < -0.4 is 5.32 Å². The van der Waals surface area contributed by atoms with Crippen LogP contribution in [0, 0.1) is 0 Å². The van der Waals surface area contributed by atoms with Crippen LogP contribution >= 0.6 is 23.2 Å². The lowest BCUT2D eigenvalue weighted by Gasteiger charge is -2.24. The van der Waals surface area contributed by atoms with Crippen LogP contribution in [0.5, 0.6) is 0 Å². The van der Waals surface area contributed by atoms with Crippen LogP contribution in [0.4, 0.5) is 0 Å². The topological polar surface area (TPSA) is 21.3 Å². The van der Waals surface area contributed by atoms with E-state index < -0.39 is 0 Å². The molecule has 0 aliphatic rings. The predicted octanol–water partition coefficient (Wildman–Crippen LogP) is 3.55. The predicted molar refractivity (Wildman–Crippen MR) is 74.1 cm³/mol. The number of rotatable bonds is 6. The molecule has 0 saturated heterocycles. The van der Waals surface area contributed by atoms with Gasteiger partial charge in [-0.25, -0.2) is 0 Å². The summed E-state index contributed by atoms with van der Waals surface area (Å²) < 4.78 is 5.60. The molecule has 2 atom stereocenters. The van der Waals surface area contributed by atoms with Crippen LogP contribution in [-0.4, -0.2) is 25.8 Å². The normalized spacial score (nSPS) is 14.6. The van der Waals surface area contributed by atoms with Gasteiger partial charge < -0.3 is 10.1 Å². The highest BCUT2D eigenvalue weighted by atomic mass is 35.5. The molecule has 1 aromatic rings. The lowest BCUT2D eigenvalue weighted by Crippen LogP contribution is -2.39. The molecule has 2 unspecified atom stereocenters. The fraction of sp³-hybridized carbons (Fsp3) is 0.538. The molecule has 1 rings (SSSR count). The van der Waals surface area contributed by atoms with Gasteiger partial charge in [0.05, 0.1) is 6.10 Å². The van der Waals surface area contributed by atoms with E-state index in [9.17, 15) is 0 Å². The third kappa shape index (κ3) is 4.47. The molecule has 1 N–H and O–H groups in total. The fourth-order valence-corrected chi connectivity index (χ4v) is 2.29. The van der Waals surface area contributed by atoms with Crippen molar-refractivity contribution in [3.63, 3.8) is 0 Å². The summed E-state index contributed by atoms with van der Waals surface area (Å²) in [5.41, 5.74) is 1.09. The van der Waals surface area contributed by atoms with Gasteiger partial charge in [-0.1, -0.05) is 29.3 Å². The zero-order valence-electron chi connectivity index (χ0n) is 10.5. The molecule has 0 fully saturated rings. The lowest BCUT2D eigenvalue weighted by molar-refractivity contribution is 0.0497. The summed E-state index contributed by atoms with van der Waals surface area (Å²) in [7, 11) is 1.93. The minimum atomic E-state index is 0.150. The summed E-state index contributed by atoms with van der Waals surface area (Å²) >= 11 is 12.0. The van der Waals surface area contributed by atoms with Crippen molar-refractivity contribution in [2.45, 2.75) is 32.4 Å². The summed E-state index contributed by atoms with van der Waals surface area (Å²) in [4.78, 5) is 0. The van der Waals surface area contributed by atoms with E-state index in [-0.39, 0.29) is 12.1 Å². The zero-order valence-corrected chi connectivity index (χ0v) is 12.0. The van der Waals surface area contributed by atoms with E-state index in [0.717, 1.165) is 12.0 Å². The molecule has 0 spiro atoms. The largest absolute Gasteiger partial charge is 0.377 e. The number of nitrogens with one attached hydrogen (secondary N) is 1. The second kappa shape index (κ2) is 7.22. The third-order valence-electron chi connectivity index (χ3n) is 2.82. The van der Waals surface area contributed by atoms with Gasteiger partial charge in [0.15, 0.2) is 0 Å². The lowest BCUT2D eigenvalue weighted by atomic mass is 10.0. The van der Waals surface area contributed by atoms with E-state index in [1.54, 1.807) is 6.07 Å². The average molecular weight is 276 g/mol. The maximum Gasteiger partial charge on any atom is 0.0702 e. The smallest absolute Gasteiger partial charge is 0.0702 e. The quantitative estimate of drug-likeness (QED) is 0.858. The average Bonchev–Trinajstić information content (AvgIpc) is 2.28. The fourth-order valence-electron chi connectivity index (χ4n) is 1.81. The standard InChI is InChI=1S/C13H19Cl2NO/c1-4-17-9(2)13(16-3)7-10-5-6-11(14)8-12(10)15/h5-6,8-9,13,16H,4,7H2,1-3H3. The van der Waals surface area contributed by atoms with Crippen molar-refractivity contribution >= 4 is 23.2 Å². The molecule has 17 heavy (non-hydrogen) atoms. The van der Waals surface area contributed by atoms with Crippen molar-refractivity contribution in [2.24, 2.45) is 0 Å². The minimum absolute atomic E-state index is 0.150. The van der Waals surface area contributed by atoms with Crippen molar-refractivity contribution in [2.75, 3.05) is 13.7 Å². The van der Waals surface area contributed by atoms with E-state index in [1.165, 1.54) is 0 Å². The first-order chi connectivity index (χ1) is 8.08. The van der Waals surface area contributed by atoms with Gasteiger partial charge in [-0.3, -0.25) is 0 Å². The van der Waals surface area contributed by atoms with Gasteiger partial charge in [0.25, 0.3) is 0 Å². The Morgan fingerprint density at radius 3 is 2.59 bits per heavy atom. The Balaban J connectivity index is 2.73. The number of hydrogen-bond donors (Lipinski definition) is 1. The van der Waals surface area contributed by atoms with Gasteiger partial charge in [0, 0.05) is 22.7 Å². The molecule has 0 heterocycles. The Kier molecular flexibility index (Phi) is 6.28. The highest BCUT2D eigenvalue weighted by molar-refractivity contribution is 6.35. The van der Waals surface area contributed by atoms with Gasteiger partial charge in [-0.15, -0.1) is 0 Å². The van der Waals surface area contributed by atoms with Gasteiger partial charge in [-0.2, -0.15) is 0 Å². The number of hydrogen-bond acceptors (Lipinski definition) is 2. The Morgan fingerprint density at radius 2 is 2.06 bits per heavy atom. The van der Waals surface area contributed by atoms with Crippen molar-refractivity contribution in [3.05, 3.63) is 33.8 Å². The highest BCUT2D eigenvalue weighted by Gasteiger charge is 2.17. The Morgan fingerprint density at radius 1 is 1.35 bits per heavy atom. The van der Waals surface area contributed by atoms with Crippen LogP contribution in [-0.2, 0) is 11.2 Å². The van der Waals surface area contributed by atoms with E-state index in [1.807, 2.05) is 26.1 Å². The second-order valence-corrected chi connectivity index (χ2v) is 4.84. The van der Waals surface area contributed by atoms with Crippen molar-refractivity contribution < 1.29 is 4.74 Å². The van der Waals surface area contributed by atoms with Crippen molar-refractivity contribution in [3.8, 4) is 0 Å². The Bertz CT molecular complexity index is 357. The van der Waals surface area contributed by atoms with E-state index in [4.69, 9.17) is 27.9 Å². The number of likely N-dealkylation sites (N-methyl/N-ethyl adjacent to an activating group) is 1. The summed E-state index contributed by atoms with van der Waals surface area (Å²) in [6.45, 7) is 4.78. The number of benzene rings is 1. The first-order valence-corrected chi connectivity index (χ1v) is 6.56. The van der Waals surface area contributed by atoms with E-state index in [0.29, 0.717) is 16.7 Å². The Labute approximate surface area is 113 Å².